The number of imidazole rings is 1. The molecule has 0 saturated carbocycles. The van der Waals surface area contributed by atoms with Gasteiger partial charge in [-0.3, -0.25) is 19.2 Å². The van der Waals surface area contributed by atoms with Crippen molar-refractivity contribution in [3.63, 3.8) is 0 Å². The van der Waals surface area contributed by atoms with Gasteiger partial charge >= 0.3 is 5.97 Å². The summed E-state index contributed by atoms with van der Waals surface area (Å²) in [6.07, 6.45) is 2.68. The van der Waals surface area contributed by atoms with Gasteiger partial charge in [0.25, 0.3) is 0 Å². The highest BCUT2D eigenvalue weighted by molar-refractivity contribution is 5.94. The SMILES string of the molecule is CC(C)CC(NC(=O)C(CCC(N)=O)NC(=O)C(N)Cc1ccc(O)cc1)C(=O)NC(Cc1cnc[nH]1)C(=O)O. The van der Waals surface area contributed by atoms with Crippen molar-refractivity contribution in [1.82, 2.24) is 25.9 Å². The summed E-state index contributed by atoms with van der Waals surface area (Å²) in [5.41, 5.74) is 12.4. The third-order valence-electron chi connectivity index (χ3n) is 5.97. The number of aromatic amines is 1. The minimum Gasteiger partial charge on any atom is -0.508 e. The standard InChI is InChI=1S/C26H37N7O7/c1-14(2)9-20(25(38)33-21(26(39)40)11-16-12-29-13-30-16)32-24(37)19(7-8-22(28)35)31-23(36)18(27)10-15-3-5-17(34)6-4-15/h3-6,12-14,18-21,34H,7-11,27H2,1-2H3,(H2,28,35)(H,29,30)(H,31,36)(H,32,37)(H,33,38)(H,39,40). The van der Waals surface area contributed by atoms with Crippen LogP contribution < -0.4 is 27.4 Å². The highest BCUT2D eigenvalue weighted by atomic mass is 16.4. The molecule has 0 radical (unpaired) electrons. The summed E-state index contributed by atoms with van der Waals surface area (Å²) in [7, 11) is 0. The zero-order chi connectivity index (χ0) is 29.8. The van der Waals surface area contributed by atoms with Gasteiger partial charge in [-0.1, -0.05) is 26.0 Å². The molecular weight excluding hydrogens is 522 g/mol. The van der Waals surface area contributed by atoms with Gasteiger partial charge in [-0.2, -0.15) is 0 Å². The predicted octanol–water partition coefficient (Wildman–Crippen LogP) is -0.922. The van der Waals surface area contributed by atoms with E-state index in [2.05, 4.69) is 25.9 Å². The molecule has 218 valence electrons. The van der Waals surface area contributed by atoms with Crippen molar-refractivity contribution in [2.75, 3.05) is 0 Å². The summed E-state index contributed by atoms with van der Waals surface area (Å²) in [6, 6.07) is 1.39. The molecule has 14 heteroatoms. The molecule has 0 bridgehead atoms. The number of carboxylic acids is 1. The lowest BCUT2D eigenvalue weighted by Crippen LogP contribution is -2.57. The van der Waals surface area contributed by atoms with Crippen molar-refractivity contribution in [2.45, 2.75) is 70.1 Å². The van der Waals surface area contributed by atoms with Crippen LogP contribution in [0.5, 0.6) is 5.75 Å². The van der Waals surface area contributed by atoms with E-state index in [0.717, 1.165) is 0 Å². The molecule has 0 aliphatic rings. The molecule has 0 fully saturated rings. The van der Waals surface area contributed by atoms with E-state index in [1.807, 2.05) is 13.8 Å². The van der Waals surface area contributed by atoms with Gasteiger partial charge in [0.2, 0.25) is 23.6 Å². The number of aromatic hydroxyl groups is 1. The maximum absolute atomic E-state index is 13.2. The zero-order valence-corrected chi connectivity index (χ0v) is 22.4. The Morgan fingerprint density at radius 3 is 2.08 bits per heavy atom. The first-order valence-electron chi connectivity index (χ1n) is 12.8. The Morgan fingerprint density at radius 2 is 1.52 bits per heavy atom. The van der Waals surface area contributed by atoms with E-state index in [4.69, 9.17) is 11.5 Å². The average molecular weight is 560 g/mol. The number of nitrogens with zero attached hydrogens (tertiary/aromatic N) is 1. The number of aliphatic carboxylic acids is 1. The predicted molar refractivity (Wildman–Crippen MR) is 143 cm³/mol. The maximum Gasteiger partial charge on any atom is 0.326 e. The number of amides is 4. The molecule has 2 aromatic rings. The number of phenols is 1. The number of hydrogen-bond acceptors (Lipinski definition) is 8. The molecule has 0 saturated heterocycles. The van der Waals surface area contributed by atoms with Crippen LogP contribution in [0.2, 0.25) is 0 Å². The van der Waals surface area contributed by atoms with Gasteiger partial charge in [-0.25, -0.2) is 9.78 Å². The summed E-state index contributed by atoms with van der Waals surface area (Å²) < 4.78 is 0. The quantitative estimate of drug-likeness (QED) is 0.127. The molecule has 4 atom stereocenters. The number of nitrogens with two attached hydrogens (primary N) is 2. The molecule has 0 spiro atoms. The molecular formula is C26H37N7O7. The van der Waals surface area contributed by atoms with E-state index in [1.54, 1.807) is 12.1 Å². The number of primary amides is 1. The lowest BCUT2D eigenvalue weighted by molar-refractivity contribution is -0.142. The second kappa shape index (κ2) is 15.2. The minimum atomic E-state index is -1.29. The zero-order valence-electron chi connectivity index (χ0n) is 22.4. The van der Waals surface area contributed by atoms with Gasteiger partial charge in [0, 0.05) is 24.7 Å². The number of aromatic nitrogens is 2. The van der Waals surface area contributed by atoms with Gasteiger partial charge in [-0.05, 0) is 42.9 Å². The van der Waals surface area contributed by atoms with E-state index in [1.165, 1.54) is 24.7 Å². The van der Waals surface area contributed by atoms with Gasteiger partial charge in [-0.15, -0.1) is 0 Å². The Labute approximate surface area is 231 Å². The Balaban J connectivity index is 2.13. The van der Waals surface area contributed by atoms with Crippen LogP contribution in [0.3, 0.4) is 0 Å². The number of hydrogen-bond donors (Lipinski definition) is 8. The maximum atomic E-state index is 13.2. The third-order valence-corrected chi connectivity index (χ3v) is 5.97. The molecule has 4 unspecified atom stereocenters. The lowest BCUT2D eigenvalue weighted by atomic mass is 10.0. The van der Waals surface area contributed by atoms with Crippen LogP contribution in [0.1, 0.15) is 44.4 Å². The van der Waals surface area contributed by atoms with Crippen molar-refractivity contribution in [2.24, 2.45) is 17.4 Å². The van der Waals surface area contributed by atoms with Crippen LogP contribution in [0.4, 0.5) is 0 Å². The topological polar surface area (TPSA) is 243 Å². The van der Waals surface area contributed by atoms with Crippen LogP contribution in [-0.2, 0) is 36.8 Å². The number of nitrogens with one attached hydrogen (secondary N) is 4. The van der Waals surface area contributed by atoms with E-state index < -0.39 is 53.8 Å². The first-order valence-corrected chi connectivity index (χ1v) is 12.8. The second-order valence-corrected chi connectivity index (χ2v) is 9.91. The highest BCUT2D eigenvalue weighted by Gasteiger charge is 2.31. The van der Waals surface area contributed by atoms with Gasteiger partial charge in [0.05, 0.1) is 12.4 Å². The van der Waals surface area contributed by atoms with Crippen LogP contribution in [0.15, 0.2) is 36.8 Å². The third kappa shape index (κ3) is 10.7. The van der Waals surface area contributed by atoms with Crippen molar-refractivity contribution < 1.29 is 34.2 Å². The molecule has 1 aromatic carbocycles. The summed E-state index contributed by atoms with van der Waals surface area (Å²) in [4.78, 5) is 68.9. The summed E-state index contributed by atoms with van der Waals surface area (Å²) >= 11 is 0. The first kappa shape index (κ1) is 31.8. The molecule has 40 heavy (non-hydrogen) atoms. The molecule has 14 nitrogen and oxygen atoms in total. The smallest absolute Gasteiger partial charge is 0.326 e. The van der Waals surface area contributed by atoms with E-state index in [0.29, 0.717) is 11.3 Å². The fourth-order valence-electron chi connectivity index (χ4n) is 3.88. The molecule has 0 aliphatic carbocycles. The Hall–Kier alpha value is -4.46. The number of benzene rings is 1. The number of H-pyrrole nitrogens is 1. The Kier molecular flexibility index (Phi) is 12.1. The Morgan fingerprint density at radius 1 is 0.925 bits per heavy atom. The van der Waals surface area contributed by atoms with Crippen molar-refractivity contribution in [3.05, 3.63) is 48.0 Å². The average Bonchev–Trinajstić information content (AvgIpc) is 3.39. The number of carbonyl (C=O) groups excluding carboxylic acids is 4. The van der Waals surface area contributed by atoms with Crippen LogP contribution in [0.25, 0.3) is 0 Å². The lowest BCUT2D eigenvalue weighted by Gasteiger charge is -2.26. The largest absolute Gasteiger partial charge is 0.508 e. The van der Waals surface area contributed by atoms with Crippen molar-refractivity contribution in [3.8, 4) is 5.75 Å². The van der Waals surface area contributed by atoms with Crippen molar-refractivity contribution in [1.29, 1.82) is 0 Å². The molecule has 0 aliphatic heterocycles. The van der Waals surface area contributed by atoms with E-state index in [9.17, 15) is 34.2 Å². The van der Waals surface area contributed by atoms with Crippen LogP contribution in [-0.4, -0.2) is 73.9 Å². The van der Waals surface area contributed by atoms with E-state index in [-0.39, 0.29) is 43.8 Å². The molecule has 2 rings (SSSR count). The fourth-order valence-corrected chi connectivity index (χ4v) is 3.88. The van der Waals surface area contributed by atoms with E-state index >= 15 is 0 Å². The number of phenolic OH excluding ortho intramolecular Hbond substituents is 1. The monoisotopic (exact) mass is 559 g/mol. The Bertz CT molecular complexity index is 1150. The normalized spacial score (nSPS) is 14.0. The summed E-state index contributed by atoms with van der Waals surface area (Å²) in [5, 5.41) is 26.6. The van der Waals surface area contributed by atoms with Gasteiger partial charge in [0.1, 0.15) is 23.9 Å². The van der Waals surface area contributed by atoms with Gasteiger partial charge in [0.15, 0.2) is 0 Å². The van der Waals surface area contributed by atoms with Crippen molar-refractivity contribution >= 4 is 29.6 Å². The van der Waals surface area contributed by atoms with Crippen LogP contribution in [0, 0.1) is 5.92 Å². The molecule has 10 N–H and O–H groups in total. The number of carboxylic acid groups (broad SMARTS) is 1. The number of rotatable bonds is 16. The molecule has 4 amide bonds. The first-order chi connectivity index (χ1) is 18.8. The fraction of sp³-hybridized carbons (Fsp3) is 0.462. The number of carbonyl (C=O) groups is 5. The highest BCUT2D eigenvalue weighted by Crippen LogP contribution is 2.12. The molecule has 1 heterocycles. The summed E-state index contributed by atoms with van der Waals surface area (Å²) in [5.74, 6) is -4.13. The molecule has 1 aromatic heterocycles. The minimum absolute atomic E-state index is 0.0559. The van der Waals surface area contributed by atoms with Gasteiger partial charge < -0.3 is 42.6 Å². The second-order valence-electron chi connectivity index (χ2n) is 9.91. The van der Waals surface area contributed by atoms with Crippen LogP contribution >= 0.6 is 0 Å². The summed E-state index contributed by atoms with van der Waals surface area (Å²) in [6.45, 7) is 3.64.